The fourth-order valence-corrected chi connectivity index (χ4v) is 4.23. The van der Waals surface area contributed by atoms with Crippen molar-refractivity contribution in [1.82, 2.24) is 9.97 Å². The topological polar surface area (TPSA) is 107 Å². The molecule has 0 saturated carbocycles. The highest BCUT2D eigenvalue weighted by Gasteiger charge is 2.23. The van der Waals surface area contributed by atoms with Crippen molar-refractivity contribution in [3.05, 3.63) is 65.2 Å². The minimum Gasteiger partial charge on any atom is -0.492 e. The molecule has 1 aliphatic rings. The Balaban J connectivity index is 0.000000148. The van der Waals surface area contributed by atoms with Crippen LogP contribution in [0.5, 0.6) is 5.75 Å². The summed E-state index contributed by atoms with van der Waals surface area (Å²) in [6, 6.07) is 7.55. The Kier molecular flexibility index (Phi) is 6.09. The number of fused-ring (bicyclic) bond motifs is 6. The summed E-state index contributed by atoms with van der Waals surface area (Å²) in [5.41, 5.74) is 2.67. The largest absolute Gasteiger partial charge is 0.492 e. The number of benzene rings is 2. The average Bonchev–Trinajstić information content (AvgIpc) is 3.64. The maximum absolute atomic E-state index is 13.8. The molecule has 0 unspecified atom stereocenters. The van der Waals surface area contributed by atoms with Gasteiger partial charge in [0.1, 0.15) is 34.4 Å². The highest BCUT2D eigenvalue weighted by Crippen LogP contribution is 2.36. The summed E-state index contributed by atoms with van der Waals surface area (Å²) in [5, 5.41) is 1.79. The first kappa shape index (κ1) is 23.4. The smallest absolute Gasteiger partial charge is 0.354 e. The van der Waals surface area contributed by atoms with Gasteiger partial charge in [-0.3, -0.25) is 0 Å². The number of aromatic nitrogens is 2. The number of ether oxygens (including phenoxy) is 3. The number of rotatable bonds is 4. The summed E-state index contributed by atoms with van der Waals surface area (Å²) in [4.78, 5) is 28.9. The Labute approximate surface area is 203 Å². The fraction of sp³-hybridized carbons (Fsp3) is 0.231. The number of esters is 2. The van der Waals surface area contributed by atoms with Crippen LogP contribution in [-0.2, 0) is 15.9 Å². The van der Waals surface area contributed by atoms with Crippen molar-refractivity contribution in [2.75, 3.05) is 19.8 Å². The van der Waals surface area contributed by atoms with Gasteiger partial charge in [-0.05, 0) is 44.2 Å². The maximum atomic E-state index is 13.8. The van der Waals surface area contributed by atoms with E-state index in [0.29, 0.717) is 70.6 Å². The first-order chi connectivity index (χ1) is 17.4. The third-order valence-corrected chi connectivity index (χ3v) is 5.80. The predicted octanol–water partition coefficient (Wildman–Crippen LogP) is 5.65. The van der Waals surface area contributed by atoms with Crippen LogP contribution in [-0.4, -0.2) is 41.7 Å². The molecule has 10 heteroatoms. The molecule has 0 bridgehead atoms. The molecule has 186 valence electrons. The molecule has 0 spiro atoms. The average molecular weight is 496 g/mol. The normalized spacial score (nSPS) is 12.3. The van der Waals surface area contributed by atoms with E-state index in [1.807, 2.05) is 0 Å². The van der Waals surface area contributed by atoms with Crippen LogP contribution in [0.3, 0.4) is 0 Å². The minimum atomic E-state index is -0.464. The molecule has 0 fully saturated rings. The fourth-order valence-electron chi connectivity index (χ4n) is 4.23. The number of carbonyl (C=O) groups excluding carboxylic acids is 2. The van der Waals surface area contributed by atoms with Crippen LogP contribution in [0.4, 0.5) is 8.78 Å². The highest BCUT2D eigenvalue weighted by atomic mass is 19.1. The van der Waals surface area contributed by atoms with Gasteiger partial charge in [0.05, 0.1) is 42.5 Å². The molecule has 5 aromatic rings. The molecule has 8 nitrogen and oxygen atoms in total. The summed E-state index contributed by atoms with van der Waals surface area (Å²) in [5.74, 6) is -1.05. The SMILES string of the molecule is CCOC(=O)c1cc2c(cc(F)c3ccoc32)[nH]1.CCOC(=O)c1cc2c3c(c(F)cc2[nH]1)CCO3. The lowest BCUT2D eigenvalue weighted by atomic mass is 10.1. The van der Waals surface area contributed by atoms with Gasteiger partial charge in [0.25, 0.3) is 0 Å². The lowest BCUT2D eigenvalue weighted by Crippen LogP contribution is -2.04. The standard InChI is InChI=1S/C13H12FNO3.C13H10FNO3/c2*1-2-17-13(16)11-5-8-10(15-11)6-9(14)7-3-4-18-12(7)8/h5-6,15H,2-4H2,1H3;3-6,15H,2H2,1H3. The van der Waals surface area contributed by atoms with E-state index >= 15 is 0 Å². The van der Waals surface area contributed by atoms with E-state index in [4.69, 9.17) is 18.6 Å². The van der Waals surface area contributed by atoms with E-state index < -0.39 is 11.9 Å². The summed E-state index contributed by atoms with van der Waals surface area (Å²) >= 11 is 0. The molecule has 36 heavy (non-hydrogen) atoms. The molecule has 0 amide bonds. The summed E-state index contributed by atoms with van der Waals surface area (Å²) < 4.78 is 48.0. The van der Waals surface area contributed by atoms with Gasteiger partial charge in [-0.2, -0.15) is 0 Å². The van der Waals surface area contributed by atoms with Gasteiger partial charge >= 0.3 is 11.9 Å². The predicted molar refractivity (Wildman–Crippen MR) is 127 cm³/mol. The lowest BCUT2D eigenvalue weighted by Gasteiger charge is -2.01. The zero-order chi connectivity index (χ0) is 25.4. The Morgan fingerprint density at radius 1 is 0.889 bits per heavy atom. The van der Waals surface area contributed by atoms with Gasteiger partial charge < -0.3 is 28.6 Å². The van der Waals surface area contributed by atoms with Gasteiger partial charge in [-0.15, -0.1) is 0 Å². The van der Waals surface area contributed by atoms with Crippen LogP contribution >= 0.6 is 0 Å². The quantitative estimate of drug-likeness (QED) is 0.312. The van der Waals surface area contributed by atoms with Crippen molar-refractivity contribution in [3.63, 3.8) is 0 Å². The van der Waals surface area contributed by atoms with Crippen LogP contribution in [0.25, 0.3) is 32.8 Å². The molecule has 1 aliphatic heterocycles. The third kappa shape index (κ3) is 4.04. The number of aromatic amines is 2. The molecule has 6 rings (SSSR count). The Hall–Kier alpha value is -4.34. The maximum Gasteiger partial charge on any atom is 0.354 e. The lowest BCUT2D eigenvalue weighted by molar-refractivity contribution is 0.0511. The van der Waals surface area contributed by atoms with Gasteiger partial charge in [-0.25, -0.2) is 18.4 Å². The highest BCUT2D eigenvalue weighted by molar-refractivity contribution is 6.06. The van der Waals surface area contributed by atoms with Crippen LogP contribution in [0.2, 0.25) is 0 Å². The van der Waals surface area contributed by atoms with E-state index in [1.165, 1.54) is 18.4 Å². The van der Waals surface area contributed by atoms with Crippen molar-refractivity contribution in [2.45, 2.75) is 20.3 Å². The van der Waals surface area contributed by atoms with Gasteiger partial charge in [0, 0.05) is 22.8 Å². The van der Waals surface area contributed by atoms with E-state index in [0.717, 1.165) is 5.39 Å². The van der Waals surface area contributed by atoms with Crippen LogP contribution in [0, 0.1) is 11.6 Å². The molecule has 4 heterocycles. The molecule has 0 atom stereocenters. The molecule has 2 aromatic carbocycles. The van der Waals surface area contributed by atoms with E-state index in [2.05, 4.69) is 9.97 Å². The van der Waals surface area contributed by atoms with Crippen molar-refractivity contribution in [3.8, 4) is 5.75 Å². The number of hydrogen-bond acceptors (Lipinski definition) is 6. The van der Waals surface area contributed by atoms with E-state index in [9.17, 15) is 18.4 Å². The Morgan fingerprint density at radius 3 is 2.17 bits per heavy atom. The first-order valence-electron chi connectivity index (χ1n) is 11.4. The molecule has 3 aromatic heterocycles. The number of halogens is 2. The molecule has 0 saturated heterocycles. The summed E-state index contributed by atoms with van der Waals surface area (Å²) in [7, 11) is 0. The minimum absolute atomic E-state index is 0.287. The van der Waals surface area contributed by atoms with Crippen LogP contribution < -0.4 is 4.74 Å². The number of hydrogen-bond donors (Lipinski definition) is 2. The van der Waals surface area contributed by atoms with Crippen LogP contribution in [0.1, 0.15) is 40.4 Å². The number of furan rings is 1. The Morgan fingerprint density at radius 2 is 1.50 bits per heavy atom. The number of nitrogens with one attached hydrogen (secondary N) is 2. The second-order valence-corrected chi connectivity index (χ2v) is 8.02. The molecule has 0 radical (unpaired) electrons. The molecular formula is C26H22F2N2O6. The molecular weight excluding hydrogens is 474 g/mol. The van der Waals surface area contributed by atoms with Gasteiger partial charge in [0.15, 0.2) is 0 Å². The number of carbonyl (C=O) groups is 2. The molecule has 0 aliphatic carbocycles. The second kappa shape index (κ2) is 9.37. The second-order valence-electron chi connectivity index (χ2n) is 8.02. The van der Waals surface area contributed by atoms with E-state index in [-0.39, 0.29) is 17.3 Å². The first-order valence-corrected chi connectivity index (χ1v) is 11.4. The van der Waals surface area contributed by atoms with E-state index in [1.54, 1.807) is 32.0 Å². The van der Waals surface area contributed by atoms with Gasteiger partial charge in [-0.1, -0.05) is 0 Å². The zero-order valence-corrected chi connectivity index (χ0v) is 19.5. The summed E-state index contributed by atoms with van der Waals surface area (Å²) in [6.07, 6.45) is 1.99. The monoisotopic (exact) mass is 496 g/mol. The number of H-pyrrole nitrogens is 2. The molecule has 2 N–H and O–H groups in total. The van der Waals surface area contributed by atoms with Crippen molar-refractivity contribution >= 4 is 44.7 Å². The van der Waals surface area contributed by atoms with Crippen molar-refractivity contribution in [2.24, 2.45) is 0 Å². The van der Waals surface area contributed by atoms with Crippen molar-refractivity contribution < 1.29 is 37.0 Å². The Bertz CT molecular complexity index is 1610. The zero-order valence-electron chi connectivity index (χ0n) is 19.5. The van der Waals surface area contributed by atoms with Crippen molar-refractivity contribution in [1.29, 1.82) is 0 Å². The third-order valence-electron chi connectivity index (χ3n) is 5.80. The van der Waals surface area contributed by atoms with Crippen LogP contribution in [0.15, 0.2) is 41.0 Å². The summed E-state index contributed by atoms with van der Waals surface area (Å²) in [6.45, 7) is 4.53. The van der Waals surface area contributed by atoms with Gasteiger partial charge in [0.2, 0.25) is 0 Å².